The summed E-state index contributed by atoms with van der Waals surface area (Å²) in [5, 5.41) is -0.261. The van der Waals surface area contributed by atoms with Gasteiger partial charge in [0.25, 0.3) is 15.9 Å². The van der Waals surface area contributed by atoms with E-state index in [1.165, 1.54) is 19.2 Å². The molecule has 1 aliphatic heterocycles. The Hall–Kier alpha value is -1.38. The Bertz CT molecular complexity index is 611. The van der Waals surface area contributed by atoms with Crippen LogP contribution in [0.15, 0.2) is 21.6 Å². The van der Waals surface area contributed by atoms with Crippen LogP contribution in [-0.4, -0.2) is 45.4 Å². The Kier molecular flexibility index (Phi) is 4.70. The van der Waals surface area contributed by atoms with Gasteiger partial charge >= 0.3 is 0 Å². The van der Waals surface area contributed by atoms with Gasteiger partial charge in [-0.05, 0) is 37.9 Å². The average Bonchev–Trinajstić information content (AvgIpc) is 2.97. The average molecular weight is 315 g/mol. The zero-order valence-electron chi connectivity index (χ0n) is 12.2. The molecule has 2 atom stereocenters. The first-order chi connectivity index (χ1) is 9.89. The Morgan fingerprint density at radius 3 is 2.86 bits per heavy atom. The summed E-state index contributed by atoms with van der Waals surface area (Å²) in [6, 6.07) is 2.64. The smallest absolute Gasteiger partial charge is 0.289 e. The van der Waals surface area contributed by atoms with Crippen molar-refractivity contribution in [2.24, 2.45) is 11.7 Å². The molecule has 2 unspecified atom stereocenters. The number of likely N-dealkylation sites (tertiary alicyclic amines) is 1. The molecule has 0 saturated carbocycles. The lowest BCUT2D eigenvalue weighted by Crippen LogP contribution is -2.49. The van der Waals surface area contributed by atoms with Gasteiger partial charge in [-0.15, -0.1) is 0 Å². The van der Waals surface area contributed by atoms with E-state index in [1.54, 1.807) is 4.90 Å². The Morgan fingerprint density at radius 1 is 1.52 bits per heavy atom. The van der Waals surface area contributed by atoms with E-state index in [2.05, 4.69) is 11.6 Å². The number of amides is 1. The van der Waals surface area contributed by atoms with Gasteiger partial charge in [-0.1, -0.05) is 6.92 Å². The molecule has 3 N–H and O–H groups in total. The highest BCUT2D eigenvalue weighted by Gasteiger charge is 2.31. The number of piperidine rings is 1. The lowest BCUT2D eigenvalue weighted by atomic mass is 9.92. The van der Waals surface area contributed by atoms with Crippen molar-refractivity contribution in [2.75, 3.05) is 20.1 Å². The quantitative estimate of drug-likeness (QED) is 0.836. The molecule has 2 heterocycles. The lowest BCUT2D eigenvalue weighted by molar-refractivity contribution is 0.0536. The molecule has 7 nitrogen and oxygen atoms in total. The molecule has 2 rings (SSSR count). The number of hydrogen-bond acceptors (Lipinski definition) is 5. The van der Waals surface area contributed by atoms with Gasteiger partial charge in [0, 0.05) is 19.1 Å². The van der Waals surface area contributed by atoms with E-state index in [-0.39, 0.29) is 22.8 Å². The topological polar surface area (TPSA) is 106 Å². The van der Waals surface area contributed by atoms with Crippen LogP contribution in [0.5, 0.6) is 0 Å². The molecular formula is C13H21N3O4S. The van der Waals surface area contributed by atoms with Gasteiger partial charge in [-0.3, -0.25) is 4.79 Å². The number of rotatable bonds is 4. The van der Waals surface area contributed by atoms with Crippen molar-refractivity contribution >= 4 is 15.9 Å². The lowest BCUT2D eigenvalue weighted by Gasteiger charge is -2.37. The molecule has 0 aliphatic carbocycles. The predicted molar refractivity (Wildman–Crippen MR) is 77.2 cm³/mol. The minimum Gasteiger partial charge on any atom is -0.438 e. The van der Waals surface area contributed by atoms with Gasteiger partial charge in [-0.2, -0.15) is 0 Å². The normalized spacial score (nSPS) is 23.3. The van der Waals surface area contributed by atoms with Crippen LogP contribution in [-0.2, 0) is 10.0 Å². The van der Waals surface area contributed by atoms with Gasteiger partial charge in [0.2, 0.25) is 5.09 Å². The second kappa shape index (κ2) is 6.17. The second-order valence-electron chi connectivity index (χ2n) is 5.34. The molecular weight excluding hydrogens is 294 g/mol. The summed E-state index contributed by atoms with van der Waals surface area (Å²) < 4.78 is 30.6. The highest BCUT2D eigenvalue weighted by atomic mass is 32.2. The van der Waals surface area contributed by atoms with Crippen LogP contribution in [0.4, 0.5) is 0 Å². The maximum absolute atomic E-state index is 12.5. The zero-order chi connectivity index (χ0) is 15.6. The summed E-state index contributed by atoms with van der Waals surface area (Å²) >= 11 is 0. The fraction of sp³-hybridized carbons (Fsp3) is 0.615. The molecule has 0 bridgehead atoms. The molecule has 1 aromatic heterocycles. The van der Waals surface area contributed by atoms with Gasteiger partial charge in [0.05, 0.1) is 0 Å². The summed E-state index contributed by atoms with van der Waals surface area (Å²) in [6.07, 6.45) is 1.76. The SMILES string of the molecule is CNS(=O)(=O)c1ccc(C(=O)N2CCC(C)CC2CN)o1. The van der Waals surface area contributed by atoms with E-state index in [0.29, 0.717) is 19.0 Å². The molecule has 21 heavy (non-hydrogen) atoms. The fourth-order valence-corrected chi connectivity index (χ4v) is 3.21. The van der Waals surface area contributed by atoms with E-state index >= 15 is 0 Å². The number of nitrogens with one attached hydrogen (secondary N) is 1. The first kappa shape index (κ1) is 16.0. The number of sulfonamides is 1. The third kappa shape index (κ3) is 3.28. The number of nitrogens with zero attached hydrogens (tertiary/aromatic N) is 1. The molecule has 1 fully saturated rings. The summed E-state index contributed by atoms with van der Waals surface area (Å²) in [4.78, 5) is 14.1. The molecule has 8 heteroatoms. The fourth-order valence-electron chi connectivity index (χ4n) is 2.56. The zero-order valence-corrected chi connectivity index (χ0v) is 13.0. The van der Waals surface area contributed by atoms with E-state index in [9.17, 15) is 13.2 Å². The van der Waals surface area contributed by atoms with Crippen LogP contribution in [0.2, 0.25) is 0 Å². The van der Waals surface area contributed by atoms with E-state index in [0.717, 1.165) is 12.8 Å². The third-order valence-corrected chi connectivity index (χ3v) is 5.12. The summed E-state index contributed by atoms with van der Waals surface area (Å²) in [5.74, 6) is 0.242. The van der Waals surface area contributed by atoms with Crippen LogP contribution >= 0.6 is 0 Å². The molecule has 118 valence electrons. The van der Waals surface area contributed by atoms with Crippen molar-refractivity contribution in [2.45, 2.75) is 30.9 Å². The second-order valence-corrected chi connectivity index (χ2v) is 7.16. The summed E-state index contributed by atoms with van der Waals surface area (Å²) in [5.41, 5.74) is 5.74. The van der Waals surface area contributed by atoms with Crippen molar-refractivity contribution in [1.82, 2.24) is 9.62 Å². The minimum absolute atomic E-state index is 0.0248. The first-order valence-electron chi connectivity index (χ1n) is 6.93. The van der Waals surface area contributed by atoms with Crippen molar-refractivity contribution in [3.05, 3.63) is 17.9 Å². The van der Waals surface area contributed by atoms with E-state index < -0.39 is 10.0 Å². The Morgan fingerprint density at radius 2 is 2.24 bits per heavy atom. The number of furan rings is 1. The van der Waals surface area contributed by atoms with Crippen LogP contribution in [0.3, 0.4) is 0 Å². The summed E-state index contributed by atoms with van der Waals surface area (Å²) in [6.45, 7) is 3.13. The predicted octanol–water partition coefficient (Wildman–Crippen LogP) is 0.387. The monoisotopic (exact) mass is 315 g/mol. The van der Waals surface area contributed by atoms with Crippen LogP contribution in [0.25, 0.3) is 0 Å². The first-order valence-corrected chi connectivity index (χ1v) is 8.41. The van der Waals surface area contributed by atoms with Crippen molar-refractivity contribution in [1.29, 1.82) is 0 Å². The van der Waals surface area contributed by atoms with Gasteiger partial charge in [0.1, 0.15) is 0 Å². The standard InChI is InChI=1S/C13H21N3O4S/c1-9-5-6-16(10(7-9)8-14)13(17)11-3-4-12(20-11)21(18,19)15-2/h3-4,9-10,15H,5-8,14H2,1-2H3. The van der Waals surface area contributed by atoms with Crippen molar-refractivity contribution < 1.29 is 17.6 Å². The Labute approximate surface area is 124 Å². The van der Waals surface area contributed by atoms with E-state index in [1.807, 2.05) is 0 Å². The molecule has 1 amide bonds. The number of hydrogen-bond donors (Lipinski definition) is 2. The van der Waals surface area contributed by atoms with Crippen molar-refractivity contribution in [3.63, 3.8) is 0 Å². The molecule has 1 saturated heterocycles. The maximum Gasteiger partial charge on any atom is 0.289 e. The van der Waals surface area contributed by atoms with Crippen LogP contribution in [0, 0.1) is 5.92 Å². The minimum atomic E-state index is -3.68. The summed E-state index contributed by atoms with van der Waals surface area (Å²) in [7, 11) is -2.39. The number of nitrogens with two attached hydrogens (primary N) is 1. The third-order valence-electron chi connectivity index (χ3n) is 3.84. The van der Waals surface area contributed by atoms with Crippen molar-refractivity contribution in [3.8, 4) is 0 Å². The van der Waals surface area contributed by atoms with Gasteiger partial charge in [0.15, 0.2) is 5.76 Å². The van der Waals surface area contributed by atoms with Crippen LogP contribution in [0.1, 0.15) is 30.3 Å². The number of carbonyl (C=O) groups is 1. The van der Waals surface area contributed by atoms with Gasteiger partial charge in [-0.25, -0.2) is 13.1 Å². The molecule has 0 spiro atoms. The molecule has 0 aromatic carbocycles. The van der Waals surface area contributed by atoms with Gasteiger partial charge < -0.3 is 15.1 Å². The van der Waals surface area contributed by atoms with E-state index in [4.69, 9.17) is 10.2 Å². The largest absolute Gasteiger partial charge is 0.438 e. The molecule has 1 aliphatic rings. The number of carbonyl (C=O) groups excluding carboxylic acids is 1. The maximum atomic E-state index is 12.5. The molecule has 1 aromatic rings. The molecule has 0 radical (unpaired) electrons. The highest BCUT2D eigenvalue weighted by Crippen LogP contribution is 2.24. The highest BCUT2D eigenvalue weighted by molar-refractivity contribution is 7.89. The Balaban J connectivity index is 2.20. The van der Waals surface area contributed by atoms with Crippen LogP contribution < -0.4 is 10.5 Å².